The maximum absolute atomic E-state index is 15.0. The van der Waals surface area contributed by atoms with Crippen molar-refractivity contribution < 1.29 is 9.18 Å². The average molecular weight is 261 g/mol. The van der Waals surface area contributed by atoms with E-state index in [4.69, 9.17) is 0 Å². The van der Waals surface area contributed by atoms with Crippen molar-refractivity contribution in [1.29, 1.82) is 5.26 Å². The number of benzene rings is 1. The van der Waals surface area contributed by atoms with Gasteiger partial charge in [0.25, 0.3) is 0 Å². The maximum Gasteiger partial charge on any atom is 0.224 e. The number of hydrogen-bond donors (Lipinski definition) is 0. The van der Waals surface area contributed by atoms with Crippen LogP contribution in [0.3, 0.4) is 0 Å². The Kier molecular flexibility index (Phi) is 6.21. The van der Waals surface area contributed by atoms with Crippen molar-refractivity contribution in [2.45, 2.75) is 44.7 Å². The predicted molar refractivity (Wildman–Crippen MR) is 73.2 cm³/mol. The van der Waals surface area contributed by atoms with E-state index in [2.05, 4.69) is 6.92 Å². The lowest BCUT2D eigenvalue weighted by Gasteiger charge is -2.27. The molecular weight excluding hydrogens is 241 g/mol. The molecule has 0 aliphatic carbocycles. The van der Waals surface area contributed by atoms with Crippen LogP contribution in [0.4, 0.5) is 4.39 Å². The summed E-state index contributed by atoms with van der Waals surface area (Å²) in [6.07, 6.45) is 4.23. The minimum atomic E-state index is -2.07. The van der Waals surface area contributed by atoms with Crippen LogP contribution in [0.2, 0.25) is 0 Å². The first-order chi connectivity index (χ1) is 9.19. The molecule has 1 rings (SSSR count). The molecule has 0 amide bonds. The van der Waals surface area contributed by atoms with Crippen molar-refractivity contribution in [3.63, 3.8) is 0 Å². The highest BCUT2D eigenvalue weighted by atomic mass is 19.1. The van der Waals surface area contributed by atoms with Crippen LogP contribution in [0, 0.1) is 17.2 Å². The molecule has 0 aliphatic heterocycles. The highest BCUT2D eigenvalue weighted by molar-refractivity contribution is 5.51. The number of rotatable bonds is 8. The number of carbonyl (C=O) groups excluding carboxylic acids is 1. The monoisotopic (exact) mass is 261 g/mol. The fourth-order valence-electron chi connectivity index (χ4n) is 2.31. The number of halogens is 1. The number of carbonyl (C=O) groups is 1. The van der Waals surface area contributed by atoms with Crippen LogP contribution >= 0.6 is 0 Å². The molecular formula is C16H20FNO. The molecule has 0 aromatic heterocycles. The van der Waals surface area contributed by atoms with E-state index in [0.717, 1.165) is 19.3 Å². The second-order valence-corrected chi connectivity index (χ2v) is 4.78. The molecule has 19 heavy (non-hydrogen) atoms. The molecule has 0 aliphatic rings. The van der Waals surface area contributed by atoms with Crippen molar-refractivity contribution >= 4 is 6.29 Å². The minimum absolute atomic E-state index is 0.0860. The first kappa shape index (κ1) is 15.4. The molecule has 2 atom stereocenters. The van der Waals surface area contributed by atoms with E-state index in [1.807, 2.05) is 0 Å². The summed E-state index contributed by atoms with van der Waals surface area (Å²) in [6.45, 7) is 2.07. The van der Waals surface area contributed by atoms with Gasteiger partial charge in [0.15, 0.2) is 0 Å². The van der Waals surface area contributed by atoms with Crippen molar-refractivity contribution in [3.05, 3.63) is 35.9 Å². The molecule has 2 unspecified atom stereocenters. The lowest BCUT2D eigenvalue weighted by atomic mass is 9.79. The number of aldehydes is 1. The summed E-state index contributed by atoms with van der Waals surface area (Å²) in [5, 5.41) is 9.25. The topological polar surface area (TPSA) is 40.9 Å². The summed E-state index contributed by atoms with van der Waals surface area (Å²) in [5.74, 6) is -0.566. The Morgan fingerprint density at radius 3 is 2.58 bits per heavy atom. The number of alkyl halides is 1. The van der Waals surface area contributed by atoms with E-state index in [9.17, 15) is 10.1 Å². The van der Waals surface area contributed by atoms with Gasteiger partial charge in [-0.2, -0.15) is 5.26 Å². The molecule has 1 aromatic rings. The Bertz CT molecular complexity index is 426. The Hall–Kier alpha value is -1.69. The smallest absolute Gasteiger partial charge is 0.224 e. The SMILES string of the molecule is CCCCCC(CC=O)C(F)(C#N)c1ccccc1. The number of nitrogens with zero attached hydrogens (tertiary/aromatic N) is 1. The first-order valence-corrected chi connectivity index (χ1v) is 6.78. The van der Waals surface area contributed by atoms with Crippen LogP contribution in [-0.2, 0) is 10.5 Å². The second kappa shape index (κ2) is 7.68. The van der Waals surface area contributed by atoms with Crippen molar-refractivity contribution in [2.75, 3.05) is 0 Å². The van der Waals surface area contributed by atoms with E-state index in [1.165, 1.54) is 0 Å². The van der Waals surface area contributed by atoms with E-state index in [-0.39, 0.29) is 6.42 Å². The van der Waals surface area contributed by atoms with Gasteiger partial charge in [0.2, 0.25) is 5.67 Å². The lowest BCUT2D eigenvalue weighted by molar-refractivity contribution is -0.109. The summed E-state index contributed by atoms with van der Waals surface area (Å²) < 4.78 is 15.0. The van der Waals surface area contributed by atoms with Crippen LogP contribution in [0.25, 0.3) is 0 Å². The summed E-state index contributed by atoms with van der Waals surface area (Å²) >= 11 is 0. The van der Waals surface area contributed by atoms with Gasteiger partial charge in [0, 0.05) is 17.9 Å². The largest absolute Gasteiger partial charge is 0.303 e. The van der Waals surface area contributed by atoms with Gasteiger partial charge in [0.05, 0.1) is 0 Å². The highest BCUT2D eigenvalue weighted by Gasteiger charge is 2.40. The van der Waals surface area contributed by atoms with Gasteiger partial charge in [0.1, 0.15) is 12.4 Å². The molecule has 1 aromatic carbocycles. The van der Waals surface area contributed by atoms with Gasteiger partial charge in [-0.1, -0.05) is 56.5 Å². The number of nitriles is 1. The van der Waals surface area contributed by atoms with Crippen LogP contribution < -0.4 is 0 Å². The molecule has 102 valence electrons. The summed E-state index contributed by atoms with van der Waals surface area (Å²) in [6, 6.07) is 10.2. The van der Waals surface area contributed by atoms with Crippen molar-refractivity contribution in [1.82, 2.24) is 0 Å². The average Bonchev–Trinajstić information content (AvgIpc) is 2.46. The normalized spacial score (nSPS) is 15.2. The zero-order valence-corrected chi connectivity index (χ0v) is 11.3. The fraction of sp³-hybridized carbons (Fsp3) is 0.500. The third kappa shape index (κ3) is 3.89. The standard InChI is InChI=1S/C16H20FNO/c1-2-3-5-8-15(11-12-19)16(17,13-18)14-9-6-4-7-10-14/h4,6-7,9-10,12,15H,2-3,5,8,11H2,1H3. The Labute approximate surface area is 114 Å². The van der Waals surface area contributed by atoms with E-state index in [1.54, 1.807) is 36.4 Å². The Morgan fingerprint density at radius 1 is 1.37 bits per heavy atom. The van der Waals surface area contributed by atoms with Gasteiger partial charge in [-0.05, 0) is 6.42 Å². The van der Waals surface area contributed by atoms with Crippen molar-refractivity contribution in [2.24, 2.45) is 5.92 Å². The van der Waals surface area contributed by atoms with E-state index < -0.39 is 11.6 Å². The molecule has 0 bridgehead atoms. The van der Waals surface area contributed by atoms with Gasteiger partial charge >= 0.3 is 0 Å². The molecule has 3 heteroatoms. The lowest BCUT2D eigenvalue weighted by Crippen LogP contribution is -2.29. The fourth-order valence-corrected chi connectivity index (χ4v) is 2.31. The van der Waals surface area contributed by atoms with E-state index in [0.29, 0.717) is 18.3 Å². The Balaban J connectivity index is 2.95. The van der Waals surface area contributed by atoms with Gasteiger partial charge in [-0.3, -0.25) is 0 Å². The van der Waals surface area contributed by atoms with Crippen LogP contribution in [0.1, 0.15) is 44.6 Å². The number of unbranched alkanes of at least 4 members (excludes halogenated alkanes) is 2. The quantitative estimate of drug-likeness (QED) is 0.520. The molecule has 0 radical (unpaired) electrons. The van der Waals surface area contributed by atoms with Crippen LogP contribution in [-0.4, -0.2) is 6.29 Å². The molecule has 0 heterocycles. The van der Waals surface area contributed by atoms with Crippen molar-refractivity contribution in [3.8, 4) is 6.07 Å². The molecule has 0 saturated heterocycles. The predicted octanol–water partition coefficient (Wildman–Crippen LogP) is 4.16. The summed E-state index contributed by atoms with van der Waals surface area (Å²) in [4.78, 5) is 10.8. The van der Waals surface area contributed by atoms with Gasteiger partial charge in [-0.15, -0.1) is 0 Å². The zero-order chi connectivity index (χ0) is 14.1. The second-order valence-electron chi connectivity index (χ2n) is 4.78. The Morgan fingerprint density at radius 2 is 2.05 bits per heavy atom. The summed E-state index contributed by atoms with van der Waals surface area (Å²) in [5.41, 5.74) is -1.73. The molecule has 0 fully saturated rings. The highest BCUT2D eigenvalue weighted by Crippen LogP contribution is 2.38. The van der Waals surface area contributed by atoms with Gasteiger partial charge < -0.3 is 4.79 Å². The van der Waals surface area contributed by atoms with E-state index >= 15 is 4.39 Å². The molecule has 0 saturated carbocycles. The number of hydrogen-bond acceptors (Lipinski definition) is 2. The zero-order valence-electron chi connectivity index (χ0n) is 11.3. The molecule has 0 spiro atoms. The molecule has 2 nitrogen and oxygen atoms in total. The third-order valence-electron chi connectivity index (χ3n) is 3.46. The third-order valence-corrected chi connectivity index (χ3v) is 3.46. The first-order valence-electron chi connectivity index (χ1n) is 6.78. The minimum Gasteiger partial charge on any atom is -0.303 e. The summed E-state index contributed by atoms with van der Waals surface area (Å²) in [7, 11) is 0. The maximum atomic E-state index is 15.0. The molecule has 0 N–H and O–H groups in total. The van der Waals surface area contributed by atoms with Crippen LogP contribution in [0.5, 0.6) is 0 Å². The van der Waals surface area contributed by atoms with Crippen LogP contribution in [0.15, 0.2) is 30.3 Å². The van der Waals surface area contributed by atoms with Gasteiger partial charge in [-0.25, -0.2) is 4.39 Å².